The number of nitrogens with one attached hydrogen (secondary N) is 1. The zero-order valence-corrected chi connectivity index (χ0v) is 17.1. The van der Waals surface area contributed by atoms with Gasteiger partial charge in [-0.1, -0.05) is 22.2 Å². The predicted molar refractivity (Wildman–Crippen MR) is 108 cm³/mol. The molecular formula is C19H19ClN4O3S. The molecule has 0 fully saturated rings. The highest BCUT2D eigenvalue weighted by atomic mass is 35.5. The number of aromatic nitrogens is 2. The van der Waals surface area contributed by atoms with Crippen molar-refractivity contribution in [1.29, 1.82) is 0 Å². The lowest BCUT2D eigenvalue weighted by Gasteiger charge is -2.32. The van der Waals surface area contributed by atoms with Gasteiger partial charge in [0, 0.05) is 21.6 Å². The first-order chi connectivity index (χ1) is 13.3. The molecule has 9 heteroatoms. The lowest BCUT2D eigenvalue weighted by molar-refractivity contribution is -0.124. The monoisotopic (exact) mass is 418 g/mol. The van der Waals surface area contributed by atoms with Crippen LogP contribution in [0.1, 0.15) is 43.1 Å². The Morgan fingerprint density at radius 2 is 2.04 bits per heavy atom. The summed E-state index contributed by atoms with van der Waals surface area (Å²) in [6.07, 6.45) is 1.46. The van der Waals surface area contributed by atoms with Crippen LogP contribution in [0.25, 0.3) is 0 Å². The Morgan fingerprint density at radius 3 is 2.61 bits per heavy atom. The molecule has 0 aliphatic carbocycles. The molecular weight excluding hydrogens is 400 g/mol. The van der Waals surface area contributed by atoms with Crippen LogP contribution >= 0.6 is 23.1 Å². The minimum Gasteiger partial charge on any atom is -0.467 e. The average Bonchev–Trinajstić information content (AvgIpc) is 3.30. The quantitative estimate of drug-likeness (QED) is 0.674. The number of hydrogen-bond acceptors (Lipinski definition) is 6. The highest BCUT2D eigenvalue weighted by molar-refractivity contribution is 7.03. The summed E-state index contributed by atoms with van der Waals surface area (Å²) in [7, 11) is 0. The molecule has 3 aromatic rings. The minimum absolute atomic E-state index is 0.130. The second-order valence-electron chi connectivity index (χ2n) is 7.10. The second-order valence-corrected chi connectivity index (χ2v) is 8.15. The second kappa shape index (κ2) is 8.12. The summed E-state index contributed by atoms with van der Waals surface area (Å²) in [5.74, 6) is -0.557. The number of halogens is 1. The maximum atomic E-state index is 13.3. The van der Waals surface area contributed by atoms with Crippen molar-refractivity contribution in [2.75, 3.05) is 4.90 Å². The topological polar surface area (TPSA) is 88.3 Å². The third-order valence-electron chi connectivity index (χ3n) is 3.70. The minimum atomic E-state index is -1.05. The van der Waals surface area contributed by atoms with Crippen molar-refractivity contribution in [2.24, 2.45) is 0 Å². The number of nitrogens with zero attached hydrogens (tertiary/aromatic N) is 3. The van der Waals surface area contributed by atoms with Crippen LogP contribution in [-0.2, 0) is 4.79 Å². The van der Waals surface area contributed by atoms with Crippen molar-refractivity contribution in [3.63, 3.8) is 0 Å². The van der Waals surface area contributed by atoms with E-state index in [-0.39, 0.29) is 11.6 Å². The molecule has 0 saturated heterocycles. The van der Waals surface area contributed by atoms with Gasteiger partial charge in [-0.05, 0) is 62.6 Å². The molecule has 0 aliphatic rings. The smallest absolute Gasteiger partial charge is 0.280 e. The number of hydrogen-bond donors (Lipinski definition) is 1. The van der Waals surface area contributed by atoms with E-state index in [2.05, 4.69) is 14.9 Å². The molecule has 7 nitrogen and oxygen atoms in total. The van der Waals surface area contributed by atoms with E-state index >= 15 is 0 Å². The molecule has 1 atom stereocenters. The molecule has 1 aromatic carbocycles. The highest BCUT2D eigenvalue weighted by Gasteiger charge is 2.37. The molecule has 1 N–H and O–H groups in total. The fourth-order valence-electron chi connectivity index (χ4n) is 2.65. The van der Waals surface area contributed by atoms with Crippen LogP contribution in [-0.4, -0.2) is 26.9 Å². The number of amides is 2. The summed E-state index contributed by atoms with van der Waals surface area (Å²) >= 11 is 7.20. The number of carbonyl (C=O) groups excluding carboxylic acids is 2. The molecule has 2 heterocycles. The zero-order chi connectivity index (χ0) is 20.3. The Labute approximate surface area is 171 Å². The van der Waals surface area contributed by atoms with Crippen molar-refractivity contribution in [3.8, 4) is 0 Å². The van der Waals surface area contributed by atoms with E-state index < -0.39 is 17.5 Å². The van der Waals surface area contributed by atoms with Crippen LogP contribution in [0.4, 0.5) is 5.69 Å². The lowest BCUT2D eigenvalue weighted by atomic mass is 10.1. The van der Waals surface area contributed by atoms with Gasteiger partial charge in [0.2, 0.25) is 0 Å². The van der Waals surface area contributed by atoms with E-state index in [9.17, 15) is 9.59 Å². The molecule has 2 aromatic heterocycles. The number of carbonyl (C=O) groups is 2. The number of anilines is 1. The summed E-state index contributed by atoms with van der Waals surface area (Å²) in [6, 6.07) is 8.97. The molecule has 0 saturated carbocycles. The van der Waals surface area contributed by atoms with E-state index in [4.69, 9.17) is 16.0 Å². The first kappa shape index (κ1) is 20.0. The summed E-state index contributed by atoms with van der Waals surface area (Å²) in [4.78, 5) is 27.8. The van der Waals surface area contributed by atoms with Gasteiger partial charge in [-0.2, -0.15) is 0 Å². The van der Waals surface area contributed by atoms with Gasteiger partial charge in [0.15, 0.2) is 11.7 Å². The van der Waals surface area contributed by atoms with Gasteiger partial charge in [0.1, 0.15) is 5.76 Å². The average molecular weight is 419 g/mol. The third kappa shape index (κ3) is 4.58. The van der Waals surface area contributed by atoms with E-state index in [0.29, 0.717) is 16.5 Å². The summed E-state index contributed by atoms with van der Waals surface area (Å²) < 4.78 is 9.27. The van der Waals surface area contributed by atoms with Gasteiger partial charge in [0.05, 0.1) is 6.26 Å². The number of benzene rings is 1. The van der Waals surface area contributed by atoms with Crippen LogP contribution < -0.4 is 10.2 Å². The Morgan fingerprint density at radius 1 is 1.25 bits per heavy atom. The molecule has 0 unspecified atom stereocenters. The van der Waals surface area contributed by atoms with Crippen LogP contribution in [0, 0.1) is 0 Å². The van der Waals surface area contributed by atoms with E-state index in [1.807, 2.05) is 20.8 Å². The van der Waals surface area contributed by atoms with Crippen molar-refractivity contribution < 1.29 is 14.0 Å². The summed E-state index contributed by atoms with van der Waals surface area (Å²) in [6.45, 7) is 5.58. The molecule has 146 valence electrons. The normalized spacial score (nSPS) is 12.4. The van der Waals surface area contributed by atoms with Gasteiger partial charge in [-0.15, -0.1) is 5.10 Å². The fourth-order valence-corrected chi connectivity index (χ4v) is 3.26. The van der Waals surface area contributed by atoms with E-state index in [1.165, 1.54) is 16.5 Å². The van der Waals surface area contributed by atoms with Crippen molar-refractivity contribution in [2.45, 2.75) is 32.4 Å². The van der Waals surface area contributed by atoms with Crippen molar-refractivity contribution >= 4 is 40.6 Å². The Bertz CT molecular complexity index is 952. The van der Waals surface area contributed by atoms with Gasteiger partial charge < -0.3 is 9.73 Å². The van der Waals surface area contributed by atoms with Crippen LogP contribution in [0.3, 0.4) is 0 Å². The van der Waals surface area contributed by atoms with E-state index in [1.54, 1.807) is 36.4 Å². The van der Waals surface area contributed by atoms with Gasteiger partial charge in [-0.25, -0.2) is 0 Å². The van der Waals surface area contributed by atoms with E-state index in [0.717, 1.165) is 11.5 Å². The standard InChI is InChI=1S/C19H19ClN4O3S/c1-19(2,3)21-17(25)16(15-8-5-9-27-15)24(13-7-4-6-12(20)10-13)18(26)14-11-28-23-22-14/h4-11,16H,1-3H3,(H,21,25)/t16-/m1/s1. The Balaban J connectivity index is 2.13. The number of furan rings is 1. The zero-order valence-electron chi connectivity index (χ0n) is 15.5. The van der Waals surface area contributed by atoms with Crippen molar-refractivity contribution in [1.82, 2.24) is 14.9 Å². The SMILES string of the molecule is CC(C)(C)NC(=O)[C@@H](c1ccco1)N(C(=O)c1csnn1)c1cccc(Cl)c1. The molecule has 0 spiro atoms. The highest BCUT2D eigenvalue weighted by Crippen LogP contribution is 2.31. The molecule has 3 rings (SSSR count). The molecule has 0 bridgehead atoms. The van der Waals surface area contributed by atoms with Crippen LogP contribution in [0.5, 0.6) is 0 Å². The molecule has 2 amide bonds. The largest absolute Gasteiger partial charge is 0.467 e. The first-order valence-electron chi connectivity index (χ1n) is 8.48. The predicted octanol–water partition coefficient (Wildman–Crippen LogP) is 4.09. The van der Waals surface area contributed by atoms with Gasteiger partial charge >= 0.3 is 0 Å². The maximum Gasteiger partial charge on any atom is 0.280 e. The molecule has 0 aliphatic heterocycles. The molecule has 28 heavy (non-hydrogen) atoms. The first-order valence-corrected chi connectivity index (χ1v) is 9.69. The lowest BCUT2D eigenvalue weighted by Crippen LogP contribution is -2.49. The van der Waals surface area contributed by atoms with Crippen LogP contribution in [0.15, 0.2) is 52.5 Å². The summed E-state index contributed by atoms with van der Waals surface area (Å²) in [5.41, 5.74) is 0.0636. The number of rotatable bonds is 5. The van der Waals surface area contributed by atoms with Gasteiger partial charge in [-0.3, -0.25) is 14.5 Å². The molecule has 0 radical (unpaired) electrons. The fraction of sp³-hybridized carbons (Fsp3) is 0.263. The van der Waals surface area contributed by atoms with Crippen molar-refractivity contribution in [3.05, 3.63) is 64.5 Å². The third-order valence-corrected chi connectivity index (χ3v) is 4.44. The Hall–Kier alpha value is -2.71. The van der Waals surface area contributed by atoms with Crippen LogP contribution in [0.2, 0.25) is 5.02 Å². The maximum absolute atomic E-state index is 13.3. The summed E-state index contributed by atoms with van der Waals surface area (Å²) in [5, 5.41) is 8.74. The Kier molecular flexibility index (Phi) is 5.81. The van der Waals surface area contributed by atoms with Gasteiger partial charge in [0.25, 0.3) is 11.8 Å².